The molecule has 1 unspecified atom stereocenters. The van der Waals surface area contributed by atoms with Crippen LogP contribution in [-0.4, -0.2) is 23.3 Å². The van der Waals surface area contributed by atoms with Crippen LogP contribution in [0.5, 0.6) is 0 Å². The second kappa shape index (κ2) is 6.49. The Hall–Kier alpha value is -0.930. The van der Waals surface area contributed by atoms with Gasteiger partial charge in [0.05, 0.1) is 6.61 Å². The minimum atomic E-state index is -0.166. The normalized spacial score (nSPS) is 19.5. The number of rotatable bonds is 6. The van der Waals surface area contributed by atoms with Gasteiger partial charge in [0.15, 0.2) is 0 Å². The number of aryl methyl sites for hydroxylation is 1. The van der Waals surface area contributed by atoms with Crippen molar-refractivity contribution < 1.29 is 9.50 Å². The van der Waals surface area contributed by atoms with Gasteiger partial charge in [0.2, 0.25) is 0 Å². The summed E-state index contributed by atoms with van der Waals surface area (Å²) >= 11 is 0. The van der Waals surface area contributed by atoms with Crippen LogP contribution in [0.25, 0.3) is 0 Å². The van der Waals surface area contributed by atoms with Gasteiger partial charge in [0, 0.05) is 11.6 Å². The Kier molecular flexibility index (Phi) is 4.94. The van der Waals surface area contributed by atoms with Crippen molar-refractivity contribution in [1.29, 1.82) is 0 Å². The number of aliphatic hydroxyl groups excluding tert-OH is 1. The molecule has 0 aromatic heterocycles. The first kappa shape index (κ1) is 14.5. The summed E-state index contributed by atoms with van der Waals surface area (Å²) in [5.41, 5.74) is 0.972. The van der Waals surface area contributed by atoms with Gasteiger partial charge in [-0.05, 0) is 50.3 Å². The lowest BCUT2D eigenvalue weighted by Crippen LogP contribution is -2.50. The second-order valence-corrected chi connectivity index (χ2v) is 5.86. The summed E-state index contributed by atoms with van der Waals surface area (Å²) in [5.74, 6) is -0.166. The Morgan fingerprint density at radius 3 is 2.74 bits per heavy atom. The fraction of sp³-hybridized carbons (Fsp3) is 0.625. The van der Waals surface area contributed by atoms with Gasteiger partial charge in [-0.2, -0.15) is 0 Å². The third-order valence-corrected chi connectivity index (χ3v) is 4.17. The van der Waals surface area contributed by atoms with E-state index < -0.39 is 0 Å². The molecule has 1 aliphatic carbocycles. The van der Waals surface area contributed by atoms with Crippen LogP contribution in [0, 0.1) is 5.82 Å². The van der Waals surface area contributed by atoms with E-state index in [0.29, 0.717) is 6.04 Å². The Morgan fingerprint density at radius 1 is 1.37 bits per heavy atom. The van der Waals surface area contributed by atoms with Gasteiger partial charge in [-0.3, -0.25) is 0 Å². The highest BCUT2D eigenvalue weighted by atomic mass is 19.1. The quantitative estimate of drug-likeness (QED) is 0.828. The largest absolute Gasteiger partial charge is 0.394 e. The van der Waals surface area contributed by atoms with Crippen molar-refractivity contribution >= 4 is 0 Å². The highest BCUT2D eigenvalue weighted by Gasteiger charge is 2.33. The molecule has 2 N–H and O–H groups in total. The summed E-state index contributed by atoms with van der Waals surface area (Å²) in [6, 6.07) is 7.14. The van der Waals surface area contributed by atoms with Crippen molar-refractivity contribution in [2.75, 3.05) is 6.61 Å². The third-order valence-electron chi connectivity index (χ3n) is 4.17. The van der Waals surface area contributed by atoms with Crippen LogP contribution in [0.1, 0.15) is 44.6 Å². The van der Waals surface area contributed by atoms with E-state index >= 15 is 0 Å². The molecule has 1 aromatic rings. The zero-order chi connectivity index (χ0) is 13.7. The first-order chi connectivity index (χ1) is 9.13. The van der Waals surface area contributed by atoms with Crippen molar-refractivity contribution in [1.82, 2.24) is 5.32 Å². The monoisotopic (exact) mass is 265 g/mol. The smallest absolute Gasteiger partial charge is 0.123 e. The molecule has 1 atom stereocenters. The number of nitrogens with one attached hydrogen (secondary N) is 1. The van der Waals surface area contributed by atoms with Crippen molar-refractivity contribution in [2.24, 2.45) is 0 Å². The molecule has 0 amide bonds. The summed E-state index contributed by atoms with van der Waals surface area (Å²) in [4.78, 5) is 0. The average Bonchev–Trinajstić information content (AvgIpc) is 2.86. The molecule has 0 radical (unpaired) electrons. The lowest BCUT2D eigenvalue weighted by atomic mass is 9.96. The predicted octanol–water partition coefficient (Wildman–Crippen LogP) is 3.04. The van der Waals surface area contributed by atoms with E-state index in [4.69, 9.17) is 0 Å². The molecular formula is C16H24FNO. The molecule has 1 aromatic carbocycles. The van der Waals surface area contributed by atoms with Crippen LogP contribution in [0.3, 0.4) is 0 Å². The SMILES string of the molecule is CC(CCc1cccc(F)c1)NC1(CO)CCCC1. The van der Waals surface area contributed by atoms with Crippen molar-refractivity contribution in [3.8, 4) is 0 Å². The molecule has 19 heavy (non-hydrogen) atoms. The molecule has 0 aliphatic heterocycles. The summed E-state index contributed by atoms with van der Waals surface area (Å²) in [7, 11) is 0. The third kappa shape index (κ3) is 4.02. The average molecular weight is 265 g/mol. The number of benzene rings is 1. The number of halogens is 1. The summed E-state index contributed by atoms with van der Waals surface area (Å²) in [6.07, 6.45) is 6.36. The summed E-state index contributed by atoms with van der Waals surface area (Å²) in [6.45, 7) is 2.37. The minimum absolute atomic E-state index is 0.0681. The number of hydrogen-bond acceptors (Lipinski definition) is 2. The summed E-state index contributed by atoms with van der Waals surface area (Å²) < 4.78 is 13.1. The van der Waals surface area contributed by atoms with Gasteiger partial charge in [-0.25, -0.2) is 4.39 Å². The second-order valence-electron chi connectivity index (χ2n) is 5.86. The molecule has 2 nitrogen and oxygen atoms in total. The van der Waals surface area contributed by atoms with Crippen molar-refractivity contribution in [3.05, 3.63) is 35.6 Å². The maximum atomic E-state index is 13.1. The minimum Gasteiger partial charge on any atom is -0.394 e. The van der Waals surface area contributed by atoms with E-state index in [0.717, 1.165) is 31.2 Å². The molecule has 1 aliphatic rings. The van der Waals surface area contributed by atoms with Crippen molar-refractivity contribution in [2.45, 2.75) is 57.0 Å². The number of hydrogen-bond donors (Lipinski definition) is 2. The zero-order valence-corrected chi connectivity index (χ0v) is 11.7. The van der Waals surface area contributed by atoms with E-state index in [1.165, 1.54) is 18.9 Å². The van der Waals surface area contributed by atoms with E-state index in [1.807, 2.05) is 6.07 Å². The van der Waals surface area contributed by atoms with Crippen LogP contribution in [-0.2, 0) is 6.42 Å². The fourth-order valence-corrected chi connectivity index (χ4v) is 3.07. The summed E-state index contributed by atoms with van der Waals surface area (Å²) in [5, 5.41) is 13.2. The van der Waals surface area contributed by atoms with Crippen LogP contribution >= 0.6 is 0 Å². The van der Waals surface area contributed by atoms with Crippen LogP contribution < -0.4 is 5.32 Å². The van der Waals surface area contributed by atoms with E-state index in [1.54, 1.807) is 12.1 Å². The van der Waals surface area contributed by atoms with Crippen LogP contribution in [0.2, 0.25) is 0 Å². The van der Waals surface area contributed by atoms with E-state index in [9.17, 15) is 9.50 Å². The first-order valence-electron chi connectivity index (χ1n) is 7.27. The van der Waals surface area contributed by atoms with Gasteiger partial charge in [-0.15, -0.1) is 0 Å². The lowest BCUT2D eigenvalue weighted by molar-refractivity contribution is 0.151. The molecule has 0 heterocycles. The predicted molar refractivity (Wildman–Crippen MR) is 75.6 cm³/mol. The highest BCUT2D eigenvalue weighted by Crippen LogP contribution is 2.29. The van der Waals surface area contributed by atoms with Gasteiger partial charge >= 0.3 is 0 Å². The zero-order valence-electron chi connectivity index (χ0n) is 11.7. The Morgan fingerprint density at radius 2 is 2.11 bits per heavy atom. The molecule has 1 saturated carbocycles. The standard InChI is InChI=1S/C16H24FNO/c1-13(18-16(12-19)9-2-3-10-16)7-8-14-5-4-6-15(17)11-14/h4-6,11,13,18-19H,2-3,7-10,12H2,1H3. The number of aliphatic hydroxyl groups is 1. The first-order valence-corrected chi connectivity index (χ1v) is 7.27. The molecule has 0 saturated heterocycles. The Balaban J connectivity index is 1.82. The van der Waals surface area contributed by atoms with Crippen LogP contribution in [0.15, 0.2) is 24.3 Å². The van der Waals surface area contributed by atoms with Crippen LogP contribution in [0.4, 0.5) is 4.39 Å². The van der Waals surface area contributed by atoms with E-state index in [-0.39, 0.29) is 18.0 Å². The maximum Gasteiger partial charge on any atom is 0.123 e. The highest BCUT2D eigenvalue weighted by molar-refractivity contribution is 5.16. The molecule has 3 heteroatoms. The Bertz CT molecular complexity index is 401. The molecule has 2 rings (SSSR count). The van der Waals surface area contributed by atoms with Gasteiger partial charge in [0.1, 0.15) is 5.82 Å². The fourth-order valence-electron chi connectivity index (χ4n) is 3.07. The van der Waals surface area contributed by atoms with Crippen molar-refractivity contribution in [3.63, 3.8) is 0 Å². The van der Waals surface area contributed by atoms with Gasteiger partial charge in [-0.1, -0.05) is 25.0 Å². The van der Waals surface area contributed by atoms with Gasteiger partial charge < -0.3 is 10.4 Å². The lowest BCUT2D eigenvalue weighted by Gasteiger charge is -2.32. The molecule has 0 spiro atoms. The van der Waals surface area contributed by atoms with E-state index in [2.05, 4.69) is 12.2 Å². The Labute approximate surface area is 115 Å². The maximum absolute atomic E-state index is 13.1. The molecule has 1 fully saturated rings. The molecule has 0 bridgehead atoms. The topological polar surface area (TPSA) is 32.3 Å². The molecule has 106 valence electrons. The van der Waals surface area contributed by atoms with Gasteiger partial charge in [0.25, 0.3) is 0 Å². The molecular weight excluding hydrogens is 241 g/mol.